The van der Waals surface area contributed by atoms with E-state index in [1.165, 1.54) is 12.4 Å². The molecular formula is C15H16N4O2. The molecule has 1 aliphatic rings. The summed E-state index contributed by atoms with van der Waals surface area (Å²) < 4.78 is 1.68. The molecule has 0 bridgehead atoms. The van der Waals surface area contributed by atoms with Crippen molar-refractivity contribution in [3.8, 4) is 0 Å². The number of hydrogen-bond acceptors (Lipinski definition) is 4. The number of amides is 1. The predicted molar refractivity (Wildman–Crippen MR) is 78.7 cm³/mol. The molecule has 1 fully saturated rings. The molecule has 2 aromatic rings. The minimum absolute atomic E-state index is 0.0266. The Morgan fingerprint density at radius 3 is 3.00 bits per heavy atom. The Morgan fingerprint density at radius 1 is 1.43 bits per heavy atom. The lowest BCUT2D eigenvalue weighted by Gasteiger charge is -2.38. The van der Waals surface area contributed by atoms with Crippen LogP contribution in [0.3, 0.4) is 0 Å². The number of carbonyl (C=O) groups excluding carboxylic acids is 1. The fourth-order valence-electron chi connectivity index (χ4n) is 2.62. The molecule has 0 atom stereocenters. The minimum atomic E-state index is -0.0560. The van der Waals surface area contributed by atoms with Crippen LogP contribution in [0.2, 0.25) is 0 Å². The molecule has 0 aliphatic carbocycles. The third-order valence-electron chi connectivity index (χ3n) is 3.85. The average molecular weight is 284 g/mol. The van der Waals surface area contributed by atoms with Crippen molar-refractivity contribution in [1.29, 1.82) is 0 Å². The van der Waals surface area contributed by atoms with Gasteiger partial charge in [0.1, 0.15) is 12.0 Å². The van der Waals surface area contributed by atoms with Crippen LogP contribution >= 0.6 is 0 Å². The summed E-state index contributed by atoms with van der Waals surface area (Å²) in [6.07, 6.45) is 5.34. The maximum absolute atomic E-state index is 12.0. The highest BCUT2D eigenvalue weighted by Crippen LogP contribution is 2.20. The molecule has 3 heterocycles. The van der Waals surface area contributed by atoms with Gasteiger partial charge in [0.2, 0.25) is 5.91 Å². The third kappa shape index (κ3) is 2.56. The number of rotatable bonds is 4. The molecule has 0 aromatic carbocycles. The Morgan fingerprint density at radius 2 is 2.24 bits per heavy atom. The number of fused-ring (bicyclic) bond motifs is 1. The average Bonchev–Trinajstić information content (AvgIpc) is 2.47. The Labute approximate surface area is 121 Å². The number of hydrogen-bond donors (Lipinski definition) is 0. The second-order valence-corrected chi connectivity index (χ2v) is 5.23. The van der Waals surface area contributed by atoms with Gasteiger partial charge in [-0.05, 0) is 24.5 Å². The first-order valence-corrected chi connectivity index (χ1v) is 6.90. The smallest absolute Gasteiger partial charge is 0.252 e. The van der Waals surface area contributed by atoms with Gasteiger partial charge in [-0.25, -0.2) is 9.97 Å². The van der Waals surface area contributed by atoms with Crippen LogP contribution in [0.25, 0.3) is 11.0 Å². The van der Waals surface area contributed by atoms with Crippen molar-refractivity contribution in [3.63, 3.8) is 0 Å². The number of pyridine rings is 1. The first-order chi connectivity index (χ1) is 10.2. The van der Waals surface area contributed by atoms with E-state index in [9.17, 15) is 9.59 Å². The van der Waals surface area contributed by atoms with E-state index < -0.39 is 0 Å². The van der Waals surface area contributed by atoms with E-state index in [4.69, 9.17) is 0 Å². The van der Waals surface area contributed by atoms with Crippen LogP contribution < -0.4 is 5.56 Å². The fraction of sp³-hybridized carbons (Fsp3) is 0.333. The topological polar surface area (TPSA) is 68.1 Å². The van der Waals surface area contributed by atoms with Gasteiger partial charge in [0, 0.05) is 37.3 Å². The van der Waals surface area contributed by atoms with E-state index in [-0.39, 0.29) is 11.5 Å². The van der Waals surface area contributed by atoms with Gasteiger partial charge in [0.25, 0.3) is 5.56 Å². The highest BCUT2D eigenvalue weighted by atomic mass is 16.2. The Kier molecular flexibility index (Phi) is 3.51. The summed E-state index contributed by atoms with van der Waals surface area (Å²) in [5.74, 6) is 0.402. The lowest BCUT2D eigenvalue weighted by Crippen LogP contribution is -2.49. The molecule has 0 unspecified atom stereocenters. The summed E-state index contributed by atoms with van der Waals surface area (Å²) in [4.78, 5) is 33.3. The second kappa shape index (κ2) is 5.47. The summed E-state index contributed by atoms with van der Waals surface area (Å²) >= 11 is 0. The minimum Gasteiger partial charge on any atom is -0.338 e. The van der Waals surface area contributed by atoms with E-state index in [0.717, 1.165) is 24.9 Å². The van der Waals surface area contributed by atoms with Crippen molar-refractivity contribution in [1.82, 2.24) is 19.4 Å². The standard InChI is InChI=1S/C15H16N4O2/c1-2-13(20)18-8-11(9-18)5-6-19-14(21)4-3-12-7-16-10-17-15(12)19/h2-4,7,10-11H,1,5-6,8-9H2. The van der Waals surface area contributed by atoms with Crippen molar-refractivity contribution in [2.45, 2.75) is 13.0 Å². The summed E-state index contributed by atoms with van der Waals surface area (Å²) in [5.41, 5.74) is 0.607. The number of nitrogens with zero attached hydrogens (tertiary/aromatic N) is 4. The van der Waals surface area contributed by atoms with Gasteiger partial charge in [-0.1, -0.05) is 6.58 Å². The Bertz CT molecular complexity index is 747. The van der Waals surface area contributed by atoms with Crippen molar-refractivity contribution >= 4 is 16.9 Å². The molecule has 1 aliphatic heterocycles. The summed E-state index contributed by atoms with van der Waals surface area (Å²) in [6.45, 7) is 5.55. The maximum Gasteiger partial charge on any atom is 0.252 e. The van der Waals surface area contributed by atoms with Crippen LogP contribution in [0.4, 0.5) is 0 Å². The first kappa shape index (κ1) is 13.5. The summed E-state index contributed by atoms with van der Waals surface area (Å²) in [7, 11) is 0. The molecule has 0 radical (unpaired) electrons. The van der Waals surface area contributed by atoms with Crippen LogP contribution in [0.5, 0.6) is 0 Å². The highest BCUT2D eigenvalue weighted by molar-refractivity contribution is 5.87. The lowest BCUT2D eigenvalue weighted by molar-refractivity contribution is -0.132. The quantitative estimate of drug-likeness (QED) is 0.780. The van der Waals surface area contributed by atoms with Gasteiger partial charge >= 0.3 is 0 Å². The largest absolute Gasteiger partial charge is 0.338 e. The normalized spacial score (nSPS) is 15.0. The molecule has 0 saturated carbocycles. The van der Waals surface area contributed by atoms with Gasteiger partial charge in [0.15, 0.2) is 0 Å². The molecule has 0 spiro atoms. The molecule has 21 heavy (non-hydrogen) atoms. The Hall–Kier alpha value is -2.50. The van der Waals surface area contributed by atoms with Crippen LogP contribution in [-0.2, 0) is 11.3 Å². The predicted octanol–water partition coefficient (Wildman–Crippen LogP) is 0.826. The lowest BCUT2D eigenvalue weighted by atomic mass is 9.96. The highest BCUT2D eigenvalue weighted by Gasteiger charge is 2.28. The van der Waals surface area contributed by atoms with Gasteiger partial charge < -0.3 is 4.90 Å². The number of aryl methyl sites for hydroxylation is 1. The van der Waals surface area contributed by atoms with Crippen LogP contribution in [0, 0.1) is 5.92 Å². The molecule has 0 N–H and O–H groups in total. The molecule has 6 nitrogen and oxygen atoms in total. The molecular weight excluding hydrogens is 268 g/mol. The van der Waals surface area contributed by atoms with E-state index in [1.807, 2.05) is 0 Å². The first-order valence-electron chi connectivity index (χ1n) is 6.90. The van der Waals surface area contributed by atoms with Gasteiger partial charge in [0.05, 0.1) is 0 Å². The van der Waals surface area contributed by atoms with Crippen molar-refractivity contribution in [3.05, 3.63) is 47.7 Å². The number of carbonyl (C=O) groups is 1. The van der Waals surface area contributed by atoms with Crippen molar-refractivity contribution < 1.29 is 4.79 Å². The zero-order valence-electron chi connectivity index (χ0n) is 11.6. The van der Waals surface area contributed by atoms with Crippen LogP contribution in [0.1, 0.15) is 6.42 Å². The molecule has 6 heteroatoms. The Balaban J connectivity index is 1.69. The van der Waals surface area contributed by atoms with Gasteiger partial charge in [-0.3, -0.25) is 14.2 Å². The SMILES string of the molecule is C=CC(=O)N1CC(CCn2c(=O)ccc3cncnc32)C1. The van der Waals surface area contributed by atoms with E-state index >= 15 is 0 Å². The molecule has 2 aromatic heterocycles. The number of aromatic nitrogens is 3. The molecule has 108 valence electrons. The van der Waals surface area contributed by atoms with Gasteiger partial charge in [-0.15, -0.1) is 0 Å². The van der Waals surface area contributed by atoms with Crippen molar-refractivity contribution in [2.75, 3.05) is 13.1 Å². The molecule has 1 amide bonds. The molecule has 3 rings (SSSR count). The zero-order valence-corrected chi connectivity index (χ0v) is 11.6. The van der Waals surface area contributed by atoms with E-state index in [2.05, 4.69) is 16.5 Å². The summed E-state index contributed by atoms with van der Waals surface area (Å²) in [5, 5.41) is 0.856. The van der Waals surface area contributed by atoms with E-state index in [0.29, 0.717) is 18.1 Å². The fourth-order valence-corrected chi connectivity index (χ4v) is 2.62. The zero-order chi connectivity index (χ0) is 14.8. The third-order valence-corrected chi connectivity index (χ3v) is 3.85. The van der Waals surface area contributed by atoms with Gasteiger partial charge in [-0.2, -0.15) is 0 Å². The monoisotopic (exact) mass is 284 g/mol. The van der Waals surface area contributed by atoms with E-state index in [1.54, 1.807) is 27.8 Å². The number of likely N-dealkylation sites (tertiary alicyclic amines) is 1. The second-order valence-electron chi connectivity index (χ2n) is 5.23. The van der Waals surface area contributed by atoms with Crippen molar-refractivity contribution in [2.24, 2.45) is 5.92 Å². The molecule has 1 saturated heterocycles. The van der Waals surface area contributed by atoms with Crippen LogP contribution in [-0.4, -0.2) is 38.4 Å². The maximum atomic E-state index is 12.0. The van der Waals surface area contributed by atoms with Crippen LogP contribution in [0.15, 0.2) is 42.1 Å². The summed E-state index contributed by atoms with van der Waals surface area (Å²) in [6, 6.07) is 3.28.